The number of hydrazone groups is 1. The van der Waals surface area contributed by atoms with Gasteiger partial charge in [-0.15, -0.1) is 0 Å². The molecule has 37 heavy (non-hydrogen) atoms. The van der Waals surface area contributed by atoms with Gasteiger partial charge in [0.1, 0.15) is 30.0 Å². The van der Waals surface area contributed by atoms with Gasteiger partial charge in [0.15, 0.2) is 0 Å². The van der Waals surface area contributed by atoms with Crippen molar-refractivity contribution in [2.24, 2.45) is 5.10 Å². The summed E-state index contributed by atoms with van der Waals surface area (Å²) in [6.07, 6.45) is 0.393. The first-order valence-corrected chi connectivity index (χ1v) is 12.3. The first-order chi connectivity index (χ1) is 18.2. The van der Waals surface area contributed by atoms with Gasteiger partial charge in [0.2, 0.25) is 0 Å². The summed E-state index contributed by atoms with van der Waals surface area (Å²) in [6.45, 7) is 2.98. The molecule has 1 N–H and O–H groups in total. The van der Waals surface area contributed by atoms with Crippen LogP contribution < -0.4 is 19.6 Å². The summed E-state index contributed by atoms with van der Waals surface area (Å²) in [4.78, 5) is 12.8. The van der Waals surface area contributed by atoms with Crippen LogP contribution in [0.5, 0.6) is 17.2 Å². The van der Waals surface area contributed by atoms with Crippen LogP contribution in [0, 0.1) is 0 Å². The van der Waals surface area contributed by atoms with E-state index in [1.165, 1.54) is 0 Å². The molecule has 1 heterocycles. The van der Waals surface area contributed by atoms with E-state index in [1.807, 2.05) is 97.9 Å². The van der Waals surface area contributed by atoms with Crippen molar-refractivity contribution < 1.29 is 19.0 Å². The SMILES string of the molecule is CCOc1ccc(OCc2ccc(C(=O)NN=C3CC(c4ccccc4)Oc4ccccc43)cc2)cc1. The second-order valence-corrected chi connectivity index (χ2v) is 8.61. The quantitative estimate of drug-likeness (QED) is 0.292. The molecule has 186 valence electrons. The van der Waals surface area contributed by atoms with Crippen molar-refractivity contribution in [3.8, 4) is 17.2 Å². The lowest BCUT2D eigenvalue weighted by Gasteiger charge is -2.27. The summed E-state index contributed by atoms with van der Waals surface area (Å²) >= 11 is 0. The first-order valence-electron chi connectivity index (χ1n) is 12.3. The van der Waals surface area contributed by atoms with E-state index in [-0.39, 0.29) is 12.0 Å². The normalized spacial score (nSPS) is 15.4. The highest BCUT2D eigenvalue weighted by molar-refractivity contribution is 6.05. The Balaban J connectivity index is 1.23. The molecule has 0 bridgehead atoms. The van der Waals surface area contributed by atoms with Crippen LogP contribution in [-0.2, 0) is 6.61 Å². The highest BCUT2D eigenvalue weighted by Crippen LogP contribution is 2.35. The Hall–Kier alpha value is -4.58. The van der Waals surface area contributed by atoms with Crippen LogP contribution in [0.15, 0.2) is 108 Å². The fourth-order valence-electron chi connectivity index (χ4n) is 4.15. The van der Waals surface area contributed by atoms with Crippen molar-refractivity contribution in [1.82, 2.24) is 5.43 Å². The number of nitrogens with zero attached hydrogens (tertiary/aromatic N) is 1. The second-order valence-electron chi connectivity index (χ2n) is 8.61. The summed E-state index contributed by atoms with van der Waals surface area (Å²) in [5.74, 6) is 2.06. The van der Waals surface area contributed by atoms with Gasteiger partial charge in [0.05, 0.1) is 12.3 Å². The molecule has 0 radical (unpaired) electrons. The second kappa shape index (κ2) is 11.4. The average Bonchev–Trinajstić information content (AvgIpc) is 2.96. The number of benzene rings is 4. The summed E-state index contributed by atoms with van der Waals surface area (Å²) < 4.78 is 17.5. The maximum Gasteiger partial charge on any atom is 0.271 e. The lowest BCUT2D eigenvalue weighted by atomic mass is 9.96. The predicted molar refractivity (Wildman–Crippen MR) is 143 cm³/mol. The third-order valence-electron chi connectivity index (χ3n) is 6.07. The molecule has 0 aromatic heterocycles. The number of amides is 1. The van der Waals surface area contributed by atoms with E-state index >= 15 is 0 Å². The van der Waals surface area contributed by atoms with E-state index in [0.717, 1.165) is 39.7 Å². The van der Waals surface area contributed by atoms with Gasteiger partial charge in [-0.25, -0.2) is 5.43 Å². The number of rotatable bonds is 8. The van der Waals surface area contributed by atoms with Crippen LogP contribution in [-0.4, -0.2) is 18.2 Å². The van der Waals surface area contributed by atoms with Crippen LogP contribution in [0.4, 0.5) is 0 Å². The molecule has 0 fully saturated rings. The molecule has 0 spiro atoms. The summed E-state index contributed by atoms with van der Waals surface area (Å²) in [6, 6.07) is 32.6. The summed E-state index contributed by atoms with van der Waals surface area (Å²) in [5, 5.41) is 4.50. The molecule has 4 aromatic carbocycles. The average molecular weight is 493 g/mol. The van der Waals surface area contributed by atoms with E-state index < -0.39 is 0 Å². The Morgan fingerprint density at radius 2 is 1.54 bits per heavy atom. The molecule has 1 aliphatic heterocycles. The van der Waals surface area contributed by atoms with E-state index in [2.05, 4.69) is 10.5 Å². The molecule has 0 saturated carbocycles. The number of ether oxygens (including phenoxy) is 3. The minimum Gasteiger partial charge on any atom is -0.494 e. The van der Waals surface area contributed by atoms with Crippen LogP contribution in [0.25, 0.3) is 0 Å². The molecule has 0 aliphatic carbocycles. The summed E-state index contributed by atoms with van der Waals surface area (Å²) in [5.41, 5.74) is 6.94. The number of fused-ring (bicyclic) bond motifs is 1. The Labute approximate surface area is 216 Å². The maximum atomic E-state index is 12.8. The molecule has 1 amide bonds. The number of hydrogen-bond donors (Lipinski definition) is 1. The van der Waals surface area contributed by atoms with E-state index in [4.69, 9.17) is 14.2 Å². The largest absolute Gasteiger partial charge is 0.494 e. The van der Waals surface area contributed by atoms with Crippen LogP contribution in [0.3, 0.4) is 0 Å². The van der Waals surface area contributed by atoms with Gasteiger partial charge in [0.25, 0.3) is 5.91 Å². The van der Waals surface area contributed by atoms with Crippen LogP contribution in [0.1, 0.15) is 46.5 Å². The number of hydrogen-bond acceptors (Lipinski definition) is 5. The number of carbonyl (C=O) groups excluding carboxylic acids is 1. The van der Waals surface area contributed by atoms with Gasteiger partial charge in [-0.2, -0.15) is 5.10 Å². The highest BCUT2D eigenvalue weighted by atomic mass is 16.5. The Morgan fingerprint density at radius 1 is 0.865 bits per heavy atom. The third-order valence-corrected chi connectivity index (χ3v) is 6.07. The number of carbonyl (C=O) groups is 1. The van der Waals surface area contributed by atoms with Gasteiger partial charge < -0.3 is 14.2 Å². The van der Waals surface area contributed by atoms with Crippen LogP contribution in [0.2, 0.25) is 0 Å². The molecule has 5 rings (SSSR count). The molecule has 1 atom stereocenters. The van der Waals surface area contributed by atoms with Gasteiger partial charge in [-0.3, -0.25) is 4.79 Å². The fraction of sp³-hybridized carbons (Fsp3) is 0.161. The lowest BCUT2D eigenvalue weighted by Crippen LogP contribution is -2.25. The fourth-order valence-corrected chi connectivity index (χ4v) is 4.15. The zero-order chi connectivity index (χ0) is 25.5. The van der Waals surface area contributed by atoms with E-state index in [9.17, 15) is 4.79 Å². The molecule has 6 heteroatoms. The van der Waals surface area contributed by atoms with Gasteiger partial charge >= 0.3 is 0 Å². The van der Waals surface area contributed by atoms with Crippen molar-refractivity contribution in [3.05, 3.63) is 125 Å². The molecule has 1 aliphatic rings. The molecular weight excluding hydrogens is 464 g/mol. The molecule has 1 unspecified atom stereocenters. The smallest absolute Gasteiger partial charge is 0.271 e. The zero-order valence-electron chi connectivity index (χ0n) is 20.6. The van der Waals surface area contributed by atoms with Gasteiger partial charge in [-0.05, 0) is 66.6 Å². The topological polar surface area (TPSA) is 69.2 Å². The highest BCUT2D eigenvalue weighted by Gasteiger charge is 2.26. The van der Waals surface area contributed by atoms with Crippen LogP contribution >= 0.6 is 0 Å². The first kappa shape index (κ1) is 24.1. The van der Waals surface area contributed by atoms with Crippen molar-refractivity contribution in [1.29, 1.82) is 0 Å². The molecular formula is C31H28N2O4. The molecule has 0 saturated heterocycles. The third kappa shape index (κ3) is 5.98. The van der Waals surface area contributed by atoms with Crippen molar-refractivity contribution in [2.75, 3.05) is 6.61 Å². The summed E-state index contributed by atoms with van der Waals surface area (Å²) in [7, 11) is 0. The van der Waals surface area contributed by atoms with E-state index in [0.29, 0.717) is 25.2 Å². The van der Waals surface area contributed by atoms with Crippen molar-refractivity contribution in [2.45, 2.75) is 26.1 Å². The lowest BCUT2D eigenvalue weighted by molar-refractivity contribution is 0.0954. The van der Waals surface area contributed by atoms with Gasteiger partial charge in [-0.1, -0.05) is 54.6 Å². The molecule has 4 aromatic rings. The predicted octanol–water partition coefficient (Wildman–Crippen LogP) is 6.32. The maximum absolute atomic E-state index is 12.8. The Kier molecular flexibility index (Phi) is 7.46. The van der Waals surface area contributed by atoms with Gasteiger partial charge in [0, 0.05) is 17.5 Å². The standard InChI is InChI=1S/C31H28N2O4/c1-2-35-25-16-18-26(19-17-25)36-21-22-12-14-24(15-13-22)31(34)33-32-28-20-30(23-8-4-3-5-9-23)37-29-11-7-6-10-27(28)29/h3-19,30H,2,20-21H2,1H3,(H,33,34). The Morgan fingerprint density at radius 3 is 2.27 bits per heavy atom. The number of nitrogens with one attached hydrogen (secondary N) is 1. The zero-order valence-corrected chi connectivity index (χ0v) is 20.6. The molecule has 6 nitrogen and oxygen atoms in total. The monoisotopic (exact) mass is 492 g/mol. The minimum absolute atomic E-state index is 0.165. The Bertz CT molecular complexity index is 1370. The van der Waals surface area contributed by atoms with Crippen molar-refractivity contribution in [3.63, 3.8) is 0 Å². The number of para-hydroxylation sites is 1. The van der Waals surface area contributed by atoms with E-state index in [1.54, 1.807) is 12.1 Å². The minimum atomic E-state index is -0.272. The van der Waals surface area contributed by atoms with Crippen molar-refractivity contribution >= 4 is 11.6 Å².